The minimum Gasteiger partial charge on any atom is -0.391 e. The second-order valence-electron chi connectivity index (χ2n) is 4.88. The topological polar surface area (TPSA) is 49.2 Å². The van der Waals surface area contributed by atoms with Gasteiger partial charge in [0.05, 0.1) is 11.8 Å². The first kappa shape index (κ1) is 12.1. The summed E-state index contributed by atoms with van der Waals surface area (Å²) in [5, 5.41) is 18.2. The number of aromatic nitrogens is 2. The van der Waals surface area contributed by atoms with Crippen LogP contribution in [0.4, 0.5) is 5.82 Å². The number of anilines is 1. The number of hydrogen-bond donors (Lipinski definition) is 1. The number of aliphatic hydroxyl groups excluding tert-OH is 1. The lowest BCUT2D eigenvalue weighted by Gasteiger charge is -2.30. The Morgan fingerprint density at radius 3 is 2.58 bits per heavy atom. The Hall–Kier alpha value is -1.94. The van der Waals surface area contributed by atoms with Crippen LogP contribution in [0, 0.1) is 0 Å². The van der Waals surface area contributed by atoms with E-state index in [2.05, 4.69) is 15.1 Å². The van der Waals surface area contributed by atoms with Gasteiger partial charge in [-0.15, -0.1) is 10.2 Å². The highest BCUT2D eigenvalue weighted by atomic mass is 16.3. The molecule has 1 aliphatic rings. The lowest BCUT2D eigenvalue weighted by atomic mass is 10.1. The third-order valence-corrected chi connectivity index (χ3v) is 3.44. The molecule has 4 heteroatoms. The molecule has 1 aromatic heterocycles. The van der Waals surface area contributed by atoms with E-state index in [1.165, 1.54) is 0 Å². The van der Waals surface area contributed by atoms with E-state index in [4.69, 9.17) is 0 Å². The molecular formula is C15H17N3O. The van der Waals surface area contributed by atoms with Crippen molar-refractivity contribution in [2.45, 2.75) is 18.9 Å². The highest BCUT2D eigenvalue weighted by Gasteiger charge is 2.18. The summed E-state index contributed by atoms with van der Waals surface area (Å²) >= 11 is 0. The molecule has 1 aromatic carbocycles. The molecule has 4 nitrogen and oxygen atoms in total. The Kier molecular flexibility index (Phi) is 3.42. The minimum atomic E-state index is -0.246. The fourth-order valence-corrected chi connectivity index (χ4v) is 2.42. The SMILES string of the molecule is OC1CCCN(c2ccc(-c3ccccc3)nn2)C1. The van der Waals surface area contributed by atoms with Crippen LogP contribution in [0.3, 0.4) is 0 Å². The third kappa shape index (κ3) is 2.74. The maximum absolute atomic E-state index is 9.68. The average Bonchev–Trinajstić information content (AvgIpc) is 2.48. The van der Waals surface area contributed by atoms with Gasteiger partial charge in [0, 0.05) is 18.7 Å². The third-order valence-electron chi connectivity index (χ3n) is 3.44. The monoisotopic (exact) mass is 255 g/mol. The van der Waals surface area contributed by atoms with Gasteiger partial charge >= 0.3 is 0 Å². The maximum Gasteiger partial charge on any atom is 0.151 e. The lowest BCUT2D eigenvalue weighted by molar-refractivity contribution is 0.154. The molecule has 1 saturated heterocycles. The van der Waals surface area contributed by atoms with Crippen LogP contribution in [0.1, 0.15) is 12.8 Å². The van der Waals surface area contributed by atoms with Gasteiger partial charge in [0.2, 0.25) is 0 Å². The van der Waals surface area contributed by atoms with Gasteiger partial charge in [-0.05, 0) is 25.0 Å². The molecule has 2 heterocycles. The molecule has 1 unspecified atom stereocenters. The number of nitrogens with zero attached hydrogens (tertiary/aromatic N) is 3. The molecule has 1 fully saturated rings. The van der Waals surface area contributed by atoms with E-state index < -0.39 is 0 Å². The zero-order chi connectivity index (χ0) is 13.1. The molecule has 0 spiro atoms. The summed E-state index contributed by atoms with van der Waals surface area (Å²) in [7, 11) is 0. The first-order valence-corrected chi connectivity index (χ1v) is 6.65. The van der Waals surface area contributed by atoms with Gasteiger partial charge in [0.15, 0.2) is 5.82 Å². The van der Waals surface area contributed by atoms with E-state index in [1.54, 1.807) is 0 Å². The predicted octanol–water partition coefficient (Wildman–Crippen LogP) is 2.10. The quantitative estimate of drug-likeness (QED) is 0.893. The molecule has 1 N–H and O–H groups in total. The van der Waals surface area contributed by atoms with E-state index in [1.807, 2.05) is 42.5 Å². The molecule has 19 heavy (non-hydrogen) atoms. The molecule has 1 atom stereocenters. The Morgan fingerprint density at radius 2 is 1.89 bits per heavy atom. The Balaban J connectivity index is 1.79. The van der Waals surface area contributed by atoms with Gasteiger partial charge in [0.1, 0.15) is 0 Å². The van der Waals surface area contributed by atoms with Crippen molar-refractivity contribution in [1.29, 1.82) is 0 Å². The van der Waals surface area contributed by atoms with Crippen LogP contribution in [0.2, 0.25) is 0 Å². The summed E-state index contributed by atoms with van der Waals surface area (Å²) < 4.78 is 0. The molecule has 0 aliphatic carbocycles. The lowest BCUT2D eigenvalue weighted by Crippen LogP contribution is -2.38. The summed E-state index contributed by atoms with van der Waals surface area (Å²) in [6.45, 7) is 1.59. The minimum absolute atomic E-state index is 0.246. The van der Waals surface area contributed by atoms with Gasteiger partial charge < -0.3 is 10.0 Å². The van der Waals surface area contributed by atoms with E-state index in [0.717, 1.165) is 36.5 Å². The van der Waals surface area contributed by atoms with Crippen molar-refractivity contribution < 1.29 is 5.11 Å². The maximum atomic E-state index is 9.68. The van der Waals surface area contributed by atoms with E-state index in [9.17, 15) is 5.11 Å². The fraction of sp³-hybridized carbons (Fsp3) is 0.333. The summed E-state index contributed by atoms with van der Waals surface area (Å²) in [5.41, 5.74) is 1.95. The molecule has 3 rings (SSSR count). The van der Waals surface area contributed by atoms with Crippen molar-refractivity contribution in [1.82, 2.24) is 10.2 Å². The molecule has 0 saturated carbocycles. The number of rotatable bonds is 2. The molecular weight excluding hydrogens is 238 g/mol. The number of hydrogen-bond acceptors (Lipinski definition) is 4. The smallest absolute Gasteiger partial charge is 0.151 e. The highest BCUT2D eigenvalue weighted by Crippen LogP contribution is 2.20. The summed E-state index contributed by atoms with van der Waals surface area (Å²) in [6.07, 6.45) is 1.64. The zero-order valence-electron chi connectivity index (χ0n) is 10.7. The Morgan fingerprint density at radius 1 is 1.05 bits per heavy atom. The van der Waals surface area contributed by atoms with Crippen molar-refractivity contribution >= 4 is 5.82 Å². The first-order chi connectivity index (χ1) is 9.33. The number of β-amino-alcohol motifs (C(OH)–C–C–N with tert-alkyl or cyclic N) is 1. The van der Waals surface area contributed by atoms with Gasteiger partial charge in [-0.25, -0.2) is 0 Å². The van der Waals surface area contributed by atoms with Crippen molar-refractivity contribution in [3.63, 3.8) is 0 Å². The number of aliphatic hydroxyl groups is 1. The Bertz CT molecular complexity index is 527. The first-order valence-electron chi connectivity index (χ1n) is 6.65. The molecule has 98 valence electrons. The fourth-order valence-electron chi connectivity index (χ4n) is 2.42. The largest absolute Gasteiger partial charge is 0.391 e. The summed E-state index contributed by atoms with van der Waals surface area (Å²) in [5.74, 6) is 0.846. The zero-order valence-corrected chi connectivity index (χ0v) is 10.7. The van der Waals surface area contributed by atoms with Crippen molar-refractivity contribution in [3.05, 3.63) is 42.5 Å². The van der Waals surface area contributed by atoms with Crippen molar-refractivity contribution in [2.75, 3.05) is 18.0 Å². The summed E-state index contributed by atoms with van der Waals surface area (Å²) in [6, 6.07) is 14.0. The van der Waals surface area contributed by atoms with Crippen LogP contribution in [0.5, 0.6) is 0 Å². The van der Waals surface area contributed by atoms with Crippen LogP contribution in [-0.2, 0) is 0 Å². The van der Waals surface area contributed by atoms with Crippen LogP contribution < -0.4 is 4.90 Å². The standard InChI is InChI=1S/C15H17N3O/c19-13-7-4-10-18(11-13)15-9-8-14(16-17-15)12-5-2-1-3-6-12/h1-3,5-6,8-9,13,19H,4,7,10-11H2. The van der Waals surface area contributed by atoms with Crippen LogP contribution in [0.15, 0.2) is 42.5 Å². The van der Waals surface area contributed by atoms with Gasteiger partial charge in [0.25, 0.3) is 0 Å². The Labute approximate surface area is 112 Å². The van der Waals surface area contributed by atoms with E-state index in [0.29, 0.717) is 6.54 Å². The predicted molar refractivity (Wildman–Crippen MR) is 74.9 cm³/mol. The van der Waals surface area contributed by atoms with Crippen LogP contribution >= 0.6 is 0 Å². The van der Waals surface area contributed by atoms with Crippen LogP contribution in [0.25, 0.3) is 11.3 Å². The average molecular weight is 255 g/mol. The molecule has 0 bridgehead atoms. The second-order valence-corrected chi connectivity index (χ2v) is 4.88. The normalized spacial score (nSPS) is 19.4. The van der Waals surface area contributed by atoms with E-state index >= 15 is 0 Å². The number of benzene rings is 1. The van der Waals surface area contributed by atoms with Gasteiger partial charge in [-0.1, -0.05) is 30.3 Å². The highest BCUT2D eigenvalue weighted by molar-refractivity contribution is 5.59. The molecule has 1 aliphatic heterocycles. The van der Waals surface area contributed by atoms with Crippen molar-refractivity contribution in [2.24, 2.45) is 0 Å². The summed E-state index contributed by atoms with van der Waals surface area (Å²) in [4.78, 5) is 2.09. The molecule has 0 radical (unpaired) electrons. The van der Waals surface area contributed by atoms with Crippen molar-refractivity contribution in [3.8, 4) is 11.3 Å². The second kappa shape index (κ2) is 5.36. The van der Waals surface area contributed by atoms with Gasteiger partial charge in [-0.2, -0.15) is 0 Å². The molecule has 2 aromatic rings. The molecule has 0 amide bonds. The number of piperidine rings is 1. The van der Waals surface area contributed by atoms with E-state index in [-0.39, 0.29) is 6.10 Å². The van der Waals surface area contributed by atoms with Gasteiger partial charge in [-0.3, -0.25) is 0 Å². The van der Waals surface area contributed by atoms with Crippen LogP contribution in [-0.4, -0.2) is 34.5 Å².